The lowest BCUT2D eigenvalue weighted by molar-refractivity contribution is 0.215. The van der Waals surface area contributed by atoms with E-state index in [0.29, 0.717) is 11.4 Å². The van der Waals surface area contributed by atoms with Crippen LogP contribution in [0.4, 0.5) is 14.9 Å². The Morgan fingerprint density at radius 2 is 1.89 bits per heavy atom. The molecule has 0 aliphatic rings. The molecule has 0 aromatic heterocycles. The largest absolute Gasteiger partial charge is 0.494 e. The quantitative estimate of drug-likeness (QED) is 0.920. The molecule has 2 aromatic carbocycles. The Kier molecular flexibility index (Phi) is 3.97. The van der Waals surface area contributed by atoms with Gasteiger partial charge < -0.3 is 9.47 Å². The van der Waals surface area contributed by atoms with Gasteiger partial charge in [0.1, 0.15) is 5.75 Å². The van der Waals surface area contributed by atoms with Crippen LogP contribution in [0.5, 0.6) is 11.5 Å². The van der Waals surface area contributed by atoms with Gasteiger partial charge in [-0.2, -0.15) is 0 Å². The molecule has 19 heavy (non-hydrogen) atoms. The van der Waals surface area contributed by atoms with E-state index in [0.717, 1.165) is 6.07 Å². The second-order valence-electron chi connectivity index (χ2n) is 3.68. The highest BCUT2D eigenvalue weighted by Gasteiger charge is 2.08. The van der Waals surface area contributed by atoms with Gasteiger partial charge in [-0.1, -0.05) is 18.2 Å². The number of methoxy groups -OCH3 is 1. The number of halogens is 1. The van der Waals surface area contributed by atoms with E-state index in [4.69, 9.17) is 9.47 Å². The second kappa shape index (κ2) is 5.86. The number of carbonyl (C=O) groups excluding carboxylic acids is 1. The van der Waals surface area contributed by atoms with Crippen molar-refractivity contribution in [1.29, 1.82) is 0 Å². The van der Waals surface area contributed by atoms with Crippen LogP contribution in [0.1, 0.15) is 0 Å². The van der Waals surface area contributed by atoms with Gasteiger partial charge in [-0.25, -0.2) is 9.18 Å². The Balaban J connectivity index is 2.01. The molecule has 4 nitrogen and oxygen atoms in total. The smallest absolute Gasteiger partial charge is 0.417 e. The van der Waals surface area contributed by atoms with Gasteiger partial charge in [-0.05, 0) is 24.3 Å². The average Bonchev–Trinajstić information content (AvgIpc) is 2.40. The van der Waals surface area contributed by atoms with E-state index in [2.05, 4.69) is 5.32 Å². The van der Waals surface area contributed by atoms with Crippen molar-refractivity contribution in [3.8, 4) is 11.5 Å². The minimum atomic E-state index is -0.684. The summed E-state index contributed by atoms with van der Waals surface area (Å²) in [6.45, 7) is 0. The van der Waals surface area contributed by atoms with Crippen molar-refractivity contribution in [1.82, 2.24) is 0 Å². The van der Waals surface area contributed by atoms with E-state index in [1.807, 2.05) is 6.07 Å². The molecule has 2 rings (SSSR count). The summed E-state index contributed by atoms with van der Waals surface area (Å²) in [6.07, 6.45) is -0.684. The first kappa shape index (κ1) is 12.9. The third kappa shape index (κ3) is 3.45. The van der Waals surface area contributed by atoms with Gasteiger partial charge in [0.05, 0.1) is 7.11 Å². The maximum Gasteiger partial charge on any atom is 0.417 e. The lowest BCUT2D eigenvalue weighted by Crippen LogP contribution is -2.16. The van der Waals surface area contributed by atoms with Crippen LogP contribution in [0.25, 0.3) is 0 Å². The predicted molar refractivity (Wildman–Crippen MR) is 69.0 cm³/mol. The molecule has 0 bridgehead atoms. The number of carbonyl (C=O) groups is 1. The average molecular weight is 261 g/mol. The fourth-order valence-electron chi connectivity index (χ4n) is 1.48. The van der Waals surface area contributed by atoms with Crippen molar-refractivity contribution in [2.75, 3.05) is 12.4 Å². The topological polar surface area (TPSA) is 47.6 Å². The Hall–Kier alpha value is -2.56. The van der Waals surface area contributed by atoms with Crippen molar-refractivity contribution in [3.05, 3.63) is 54.3 Å². The molecule has 2 aromatic rings. The lowest BCUT2D eigenvalue weighted by atomic mass is 10.3. The van der Waals surface area contributed by atoms with E-state index >= 15 is 0 Å². The number of anilines is 1. The molecule has 0 radical (unpaired) electrons. The van der Waals surface area contributed by atoms with Gasteiger partial charge in [0, 0.05) is 11.8 Å². The van der Waals surface area contributed by atoms with Crippen molar-refractivity contribution in [2.45, 2.75) is 0 Å². The van der Waals surface area contributed by atoms with Crippen molar-refractivity contribution in [3.63, 3.8) is 0 Å². The Labute approximate surface area is 109 Å². The highest BCUT2D eigenvalue weighted by molar-refractivity contribution is 5.86. The van der Waals surface area contributed by atoms with Crippen LogP contribution < -0.4 is 14.8 Å². The van der Waals surface area contributed by atoms with Crippen LogP contribution in [0, 0.1) is 5.82 Å². The summed E-state index contributed by atoms with van der Waals surface area (Å²) in [5, 5.41) is 2.43. The molecule has 0 aliphatic carbocycles. The minimum Gasteiger partial charge on any atom is -0.494 e. The molecule has 0 atom stereocenters. The summed E-state index contributed by atoms with van der Waals surface area (Å²) in [4.78, 5) is 11.6. The maximum atomic E-state index is 13.4. The number of ether oxygens (including phenoxy) is 2. The molecule has 0 heterocycles. The van der Waals surface area contributed by atoms with Crippen LogP contribution in [0.2, 0.25) is 0 Å². The summed E-state index contributed by atoms with van der Waals surface area (Å²) in [7, 11) is 1.37. The van der Waals surface area contributed by atoms with Gasteiger partial charge in [0.25, 0.3) is 0 Å². The minimum absolute atomic E-state index is 0.113. The number of hydrogen-bond acceptors (Lipinski definition) is 3. The van der Waals surface area contributed by atoms with Crippen molar-refractivity contribution >= 4 is 11.8 Å². The summed E-state index contributed by atoms with van der Waals surface area (Å²) < 4.78 is 23.2. The maximum absolute atomic E-state index is 13.4. The molecule has 1 amide bonds. The first-order valence-electron chi connectivity index (χ1n) is 5.56. The molecule has 5 heteroatoms. The third-order valence-electron chi connectivity index (χ3n) is 2.35. The molecule has 0 spiro atoms. The normalized spacial score (nSPS) is 9.79. The molecule has 0 unspecified atom stereocenters. The van der Waals surface area contributed by atoms with E-state index in [1.165, 1.54) is 19.2 Å². The van der Waals surface area contributed by atoms with E-state index in [1.54, 1.807) is 24.3 Å². The Bertz CT molecular complexity index is 572. The van der Waals surface area contributed by atoms with Crippen molar-refractivity contribution < 1.29 is 18.7 Å². The number of para-hydroxylation sites is 1. The highest BCUT2D eigenvalue weighted by atomic mass is 19.1. The van der Waals surface area contributed by atoms with Gasteiger partial charge in [-0.15, -0.1) is 0 Å². The zero-order chi connectivity index (χ0) is 13.7. The number of benzene rings is 2. The molecular weight excluding hydrogens is 249 g/mol. The summed E-state index contributed by atoms with van der Waals surface area (Å²) in [6, 6.07) is 12.7. The predicted octanol–water partition coefficient (Wildman–Crippen LogP) is 3.45. The van der Waals surface area contributed by atoms with Crippen LogP contribution in [0.15, 0.2) is 48.5 Å². The lowest BCUT2D eigenvalue weighted by Gasteiger charge is -2.08. The zero-order valence-corrected chi connectivity index (χ0v) is 10.2. The van der Waals surface area contributed by atoms with Crippen LogP contribution in [-0.4, -0.2) is 13.2 Å². The van der Waals surface area contributed by atoms with E-state index in [-0.39, 0.29) is 5.75 Å². The first-order valence-corrected chi connectivity index (χ1v) is 5.56. The molecule has 98 valence electrons. The second-order valence-corrected chi connectivity index (χ2v) is 3.68. The van der Waals surface area contributed by atoms with Crippen LogP contribution >= 0.6 is 0 Å². The summed E-state index contributed by atoms with van der Waals surface area (Å²) >= 11 is 0. The van der Waals surface area contributed by atoms with Gasteiger partial charge >= 0.3 is 6.09 Å². The van der Waals surface area contributed by atoms with Crippen molar-refractivity contribution in [2.24, 2.45) is 0 Å². The first-order chi connectivity index (χ1) is 9.19. The fraction of sp³-hybridized carbons (Fsp3) is 0.0714. The number of nitrogens with one attached hydrogen (secondary N) is 1. The summed E-state index contributed by atoms with van der Waals surface area (Å²) in [5.41, 5.74) is 0.291. The number of rotatable bonds is 3. The number of hydrogen-bond donors (Lipinski definition) is 1. The standard InChI is InChI=1S/C14H12FNO3/c1-18-13-8-7-10(9-12(13)15)16-14(17)19-11-5-3-2-4-6-11/h2-9H,1H3,(H,16,17). The van der Waals surface area contributed by atoms with Gasteiger partial charge in [0.15, 0.2) is 11.6 Å². The molecule has 0 saturated carbocycles. The third-order valence-corrected chi connectivity index (χ3v) is 2.35. The monoisotopic (exact) mass is 261 g/mol. The molecule has 0 aliphatic heterocycles. The molecular formula is C14H12FNO3. The zero-order valence-electron chi connectivity index (χ0n) is 10.2. The van der Waals surface area contributed by atoms with E-state index < -0.39 is 11.9 Å². The van der Waals surface area contributed by atoms with Crippen LogP contribution in [-0.2, 0) is 0 Å². The van der Waals surface area contributed by atoms with Gasteiger partial charge in [0.2, 0.25) is 0 Å². The highest BCUT2D eigenvalue weighted by Crippen LogP contribution is 2.21. The SMILES string of the molecule is COc1ccc(NC(=O)Oc2ccccc2)cc1F. The fourth-order valence-corrected chi connectivity index (χ4v) is 1.48. The molecule has 0 saturated heterocycles. The molecule has 0 fully saturated rings. The Morgan fingerprint density at radius 3 is 2.53 bits per heavy atom. The van der Waals surface area contributed by atoms with Gasteiger partial charge in [-0.3, -0.25) is 5.32 Å². The van der Waals surface area contributed by atoms with Crippen LogP contribution in [0.3, 0.4) is 0 Å². The summed E-state index contributed by atoms with van der Waals surface area (Å²) in [5.74, 6) is -0.0315. The number of amides is 1. The molecule has 1 N–H and O–H groups in total. The van der Waals surface area contributed by atoms with E-state index in [9.17, 15) is 9.18 Å². The Morgan fingerprint density at radius 1 is 1.16 bits per heavy atom.